The van der Waals surface area contributed by atoms with Crippen LogP contribution < -0.4 is 15.0 Å². The largest absolute Gasteiger partial charge is 0.475 e. The summed E-state index contributed by atoms with van der Waals surface area (Å²) < 4.78 is 23.8. The molecule has 0 aliphatic carbocycles. The highest BCUT2D eigenvalue weighted by Crippen LogP contribution is 2.39. The smallest absolute Gasteiger partial charge is 0.218 e. The first-order valence-electron chi connectivity index (χ1n) is 10.4. The van der Waals surface area contributed by atoms with Crippen LogP contribution in [0.4, 0.5) is 16.0 Å². The van der Waals surface area contributed by atoms with Crippen molar-refractivity contribution < 1.29 is 9.13 Å². The number of pyridine rings is 1. The average molecular weight is 420 g/mol. The van der Waals surface area contributed by atoms with Crippen molar-refractivity contribution in [2.45, 2.75) is 32.0 Å². The van der Waals surface area contributed by atoms with Crippen LogP contribution in [0.5, 0.6) is 5.88 Å². The number of nitrogens with one attached hydrogen (secondary N) is 1. The summed E-state index contributed by atoms with van der Waals surface area (Å²) in [5.74, 6) is 1.81. The Bertz CT molecular complexity index is 1250. The summed E-state index contributed by atoms with van der Waals surface area (Å²) in [6.45, 7) is 2.32. The molecule has 0 unspecified atom stereocenters. The predicted molar refractivity (Wildman–Crippen MR) is 112 cm³/mol. The van der Waals surface area contributed by atoms with Crippen LogP contribution in [0.3, 0.4) is 0 Å². The van der Waals surface area contributed by atoms with Gasteiger partial charge in [-0.05, 0) is 25.0 Å². The van der Waals surface area contributed by atoms with Crippen LogP contribution in [0.2, 0.25) is 0 Å². The third kappa shape index (κ3) is 3.15. The SMILES string of the molecule is Fc1cnc2c(c1)[C@H]1CCCN1c1ccn3ncc(c3n1)CNc1ccnn1CCO2. The second-order valence-corrected chi connectivity index (χ2v) is 7.76. The molecular weight excluding hydrogens is 399 g/mol. The van der Waals surface area contributed by atoms with Gasteiger partial charge in [-0.3, -0.25) is 0 Å². The minimum absolute atomic E-state index is 0.0527. The number of hydrogen-bond acceptors (Lipinski definition) is 7. The van der Waals surface area contributed by atoms with Crippen molar-refractivity contribution >= 4 is 17.3 Å². The molecule has 1 fully saturated rings. The van der Waals surface area contributed by atoms with E-state index in [4.69, 9.17) is 9.72 Å². The quantitative estimate of drug-likeness (QED) is 0.468. The summed E-state index contributed by atoms with van der Waals surface area (Å²) in [5, 5.41) is 12.2. The van der Waals surface area contributed by atoms with Gasteiger partial charge in [0, 0.05) is 36.5 Å². The Hall–Kier alpha value is -3.69. The van der Waals surface area contributed by atoms with Gasteiger partial charge in [0.05, 0.1) is 31.2 Å². The minimum Gasteiger partial charge on any atom is -0.475 e. The van der Waals surface area contributed by atoms with E-state index in [-0.39, 0.29) is 11.9 Å². The fraction of sp³-hybridized carbons (Fsp3) is 0.333. The van der Waals surface area contributed by atoms with E-state index in [1.807, 2.05) is 29.2 Å². The van der Waals surface area contributed by atoms with E-state index in [1.165, 1.54) is 12.3 Å². The highest BCUT2D eigenvalue weighted by molar-refractivity contribution is 5.55. The van der Waals surface area contributed by atoms with Gasteiger partial charge in [-0.2, -0.15) is 10.2 Å². The molecule has 31 heavy (non-hydrogen) atoms. The van der Waals surface area contributed by atoms with Gasteiger partial charge in [0.25, 0.3) is 0 Å². The second kappa shape index (κ2) is 7.22. The molecule has 0 spiro atoms. The van der Waals surface area contributed by atoms with Gasteiger partial charge >= 0.3 is 0 Å². The topological polar surface area (TPSA) is 85.4 Å². The van der Waals surface area contributed by atoms with Crippen molar-refractivity contribution in [3.05, 3.63) is 59.9 Å². The number of hydrogen-bond donors (Lipinski definition) is 1. The molecule has 0 aromatic carbocycles. The lowest BCUT2D eigenvalue weighted by molar-refractivity contribution is 0.276. The zero-order valence-electron chi connectivity index (χ0n) is 16.8. The van der Waals surface area contributed by atoms with Crippen LogP contribution in [0.1, 0.15) is 30.0 Å². The Labute approximate surface area is 177 Å². The molecule has 2 bridgehead atoms. The summed E-state index contributed by atoms with van der Waals surface area (Å²) in [6, 6.07) is 5.35. The lowest BCUT2D eigenvalue weighted by Crippen LogP contribution is -2.25. The molecule has 0 radical (unpaired) electrons. The lowest BCUT2D eigenvalue weighted by atomic mass is 10.1. The van der Waals surface area contributed by atoms with Crippen LogP contribution in [0.15, 0.2) is 43.0 Å². The number of aromatic nitrogens is 6. The van der Waals surface area contributed by atoms with E-state index in [0.29, 0.717) is 25.6 Å². The fourth-order valence-corrected chi connectivity index (χ4v) is 4.43. The lowest BCUT2D eigenvalue weighted by Gasteiger charge is -2.27. The molecule has 1 saturated heterocycles. The third-order valence-electron chi connectivity index (χ3n) is 5.90. The highest BCUT2D eigenvalue weighted by Gasteiger charge is 2.31. The first-order chi connectivity index (χ1) is 15.3. The summed E-state index contributed by atoms with van der Waals surface area (Å²) in [7, 11) is 0. The molecule has 1 atom stereocenters. The molecule has 10 heteroatoms. The van der Waals surface area contributed by atoms with Gasteiger partial charge in [-0.1, -0.05) is 0 Å². The van der Waals surface area contributed by atoms with Gasteiger partial charge in [0.2, 0.25) is 5.88 Å². The first-order valence-corrected chi connectivity index (χ1v) is 10.4. The van der Waals surface area contributed by atoms with E-state index in [1.54, 1.807) is 10.7 Å². The molecule has 2 aliphatic rings. The number of anilines is 2. The fourth-order valence-electron chi connectivity index (χ4n) is 4.43. The Balaban J connectivity index is 1.49. The van der Waals surface area contributed by atoms with E-state index < -0.39 is 0 Å². The molecule has 158 valence electrons. The van der Waals surface area contributed by atoms with Crippen LogP contribution in [0.25, 0.3) is 5.65 Å². The molecule has 4 aromatic rings. The molecule has 6 heterocycles. The maximum absolute atomic E-state index is 14.2. The number of ether oxygens (including phenoxy) is 1. The first kappa shape index (κ1) is 18.1. The summed E-state index contributed by atoms with van der Waals surface area (Å²) in [5.41, 5.74) is 2.54. The number of fused-ring (bicyclic) bond motifs is 6. The van der Waals surface area contributed by atoms with Crippen molar-refractivity contribution in [3.63, 3.8) is 0 Å². The van der Waals surface area contributed by atoms with Crippen molar-refractivity contribution in [2.24, 2.45) is 0 Å². The van der Waals surface area contributed by atoms with Crippen molar-refractivity contribution in [1.29, 1.82) is 0 Å². The Morgan fingerprint density at radius 3 is 3.10 bits per heavy atom. The van der Waals surface area contributed by atoms with Crippen molar-refractivity contribution in [2.75, 3.05) is 23.4 Å². The molecule has 2 aliphatic heterocycles. The van der Waals surface area contributed by atoms with Crippen LogP contribution in [0, 0.1) is 5.82 Å². The predicted octanol–water partition coefficient (Wildman–Crippen LogP) is 2.81. The molecule has 0 saturated carbocycles. The molecule has 1 N–H and O–H groups in total. The summed E-state index contributed by atoms with van der Waals surface area (Å²) in [6.07, 6.45) is 8.56. The Morgan fingerprint density at radius 2 is 2.13 bits per heavy atom. The summed E-state index contributed by atoms with van der Waals surface area (Å²) >= 11 is 0. The van der Waals surface area contributed by atoms with Crippen LogP contribution >= 0.6 is 0 Å². The van der Waals surface area contributed by atoms with Gasteiger partial charge in [0.15, 0.2) is 5.65 Å². The minimum atomic E-state index is -0.368. The van der Waals surface area contributed by atoms with Crippen LogP contribution in [-0.2, 0) is 13.1 Å². The monoisotopic (exact) mass is 420 g/mol. The van der Waals surface area contributed by atoms with Crippen molar-refractivity contribution in [1.82, 2.24) is 29.4 Å². The zero-order valence-corrected chi connectivity index (χ0v) is 16.8. The second-order valence-electron chi connectivity index (χ2n) is 7.76. The molecular formula is C21H21FN8O. The van der Waals surface area contributed by atoms with Gasteiger partial charge in [-0.15, -0.1) is 0 Å². The maximum Gasteiger partial charge on any atom is 0.218 e. The van der Waals surface area contributed by atoms with E-state index in [0.717, 1.165) is 47.8 Å². The van der Waals surface area contributed by atoms with Crippen LogP contribution in [-0.4, -0.2) is 42.5 Å². The summed E-state index contributed by atoms with van der Waals surface area (Å²) in [4.78, 5) is 11.4. The van der Waals surface area contributed by atoms with E-state index >= 15 is 0 Å². The number of nitrogens with zero attached hydrogens (tertiary/aromatic N) is 7. The van der Waals surface area contributed by atoms with E-state index in [9.17, 15) is 4.39 Å². The maximum atomic E-state index is 14.2. The third-order valence-corrected chi connectivity index (χ3v) is 5.90. The standard InChI is InChI=1S/C21H21FN8O/c22-15-10-16-17-2-1-6-28(17)19-4-7-30-20(27-19)14(12-26-30)11-23-18-3-5-25-29(18)8-9-31-21(16)24-13-15/h3-5,7,10,12-13,17,23H,1-2,6,8-9,11H2/t17-/m1/s1. The van der Waals surface area contributed by atoms with Gasteiger partial charge in [-0.25, -0.2) is 23.6 Å². The Kier molecular flexibility index (Phi) is 4.22. The number of halogens is 1. The molecule has 4 aromatic heterocycles. The van der Waals surface area contributed by atoms with Gasteiger partial charge < -0.3 is 15.0 Å². The average Bonchev–Trinajstić information content (AvgIpc) is 3.52. The van der Waals surface area contributed by atoms with Gasteiger partial charge in [0.1, 0.15) is 24.1 Å². The highest BCUT2D eigenvalue weighted by atomic mass is 19.1. The number of rotatable bonds is 0. The zero-order chi connectivity index (χ0) is 20.8. The Morgan fingerprint density at radius 1 is 1.16 bits per heavy atom. The van der Waals surface area contributed by atoms with Crippen molar-refractivity contribution in [3.8, 4) is 5.88 Å². The normalized spacial score (nSPS) is 18.5. The molecule has 9 nitrogen and oxygen atoms in total. The molecule has 6 rings (SSSR count). The molecule has 0 amide bonds. The van der Waals surface area contributed by atoms with E-state index in [2.05, 4.69) is 25.4 Å².